The number of anilines is 3. The Morgan fingerprint density at radius 2 is 1.83 bits per heavy atom. The second-order valence-electron chi connectivity index (χ2n) is 9.58. The molecule has 0 fully saturated rings. The summed E-state index contributed by atoms with van der Waals surface area (Å²) in [6, 6.07) is 11.6. The lowest BCUT2D eigenvalue weighted by atomic mass is 9.78. The standard InChI is InChI=1S/C27H28F2N6/c1-17-15-34(16-31-17)22-10-5-18(13-21(22)29)14-23-32-25(30-4)24-26(33-23)35(12-11-27(24,2)3)20-8-6-19(28)7-9-20/h5-10,13,15-16H,11-12,14H2,1-4H3,(H,30,32,33). The molecule has 4 aromatic rings. The Labute approximate surface area is 203 Å². The molecular weight excluding hydrogens is 446 g/mol. The zero-order chi connectivity index (χ0) is 24.7. The average Bonchev–Trinajstić information content (AvgIpc) is 3.25. The summed E-state index contributed by atoms with van der Waals surface area (Å²) in [5.74, 6) is 1.53. The van der Waals surface area contributed by atoms with Crippen molar-refractivity contribution in [1.82, 2.24) is 19.5 Å². The van der Waals surface area contributed by atoms with E-state index in [2.05, 4.69) is 29.0 Å². The first-order chi connectivity index (χ1) is 16.7. The lowest BCUT2D eigenvalue weighted by Gasteiger charge is -2.40. The SMILES string of the molecule is CNc1nc(Cc2ccc(-n3cnc(C)c3)c(F)c2)nc2c1C(C)(C)CCN2c1ccc(F)cc1. The van der Waals surface area contributed by atoms with Crippen molar-refractivity contribution in [2.24, 2.45) is 0 Å². The van der Waals surface area contributed by atoms with Gasteiger partial charge in [-0.05, 0) is 60.7 Å². The molecule has 2 aromatic carbocycles. The number of aryl methyl sites for hydroxylation is 1. The van der Waals surface area contributed by atoms with Crippen LogP contribution in [0.3, 0.4) is 0 Å². The summed E-state index contributed by atoms with van der Waals surface area (Å²) in [4.78, 5) is 16.0. The van der Waals surface area contributed by atoms with Gasteiger partial charge in [0, 0.05) is 37.5 Å². The number of fused-ring (bicyclic) bond motifs is 1. The number of imidazole rings is 1. The molecule has 180 valence electrons. The Balaban J connectivity index is 1.54. The van der Waals surface area contributed by atoms with Crippen LogP contribution in [0, 0.1) is 18.6 Å². The minimum atomic E-state index is -0.333. The second kappa shape index (κ2) is 8.76. The highest BCUT2D eigenvalue weighted by Crippen LogP contribution is 2.44. The third-order valence-corrected chi connectivity index (χ3v) is 6.57. The predicted octanol–water partition coefficient (Wildman–Crippen LogP) is 5.70. The van der Waals surface area contributed by atoms with E-state index >= 15 is 0 Å². The quantitative estimate of drug-likeness (QED) is 0.402. The van der Waals surface area contributed by atoms with E-state index in [-0.39, 0.29) is 17.0 Å². The highest BCUT2D eigenvalue weighted by molar-refractivity contribution is 5.71. The van der Waals surface area contributed by atoms with Gasteiger partial charge in [-0.15, -0.1) is 0 Å². The largest absolute Gasteiger partial charge is 0.373 e. The van der Waals surface area contributed by atoms with Crippen LogP contribution in [0.1, 0.15) is 42.9 Å². The lowest BCUT2D eigenvalue weighted by Crippen LogP contribution is -2.36. The summed E-state index contributed by atoms with van der Waals surface area (Å²) in [5, 5.41) is 3.24. The summed E-state index contributed by atoms with van der Waals surface area (Å²) < 4.78 is 30.2. The van der Waals surface area contributed by atoms with Gasteiger partial charge in [-0.1, -0.05) is 19.9 Å². The molecule has 6 nitrogen and oxygen atoms in total. The van der Waals surface area contributed by atoms with Gasteiger partial charge in [0.2, 0.25) is 0 Å². The summed E-state index contributed by atoms with van der Waals surface area (Å²) in [5.41, 5.74) is 3.80. The summed E-state index contributed by atoms with van der Waals surface area (Å²) in [6.45, 7) is 6.98. The molecule has 0 aliphatic carbocycles. The number of aromatic nitrogens is 4. The molecule has 0 bridgehead atoms. The molecule has 0 radical (unpaired) electrons. The van der Waals surface area contributed by atoms with E-state index in [1.807, 2.05) is 20.0 Å². The van der Waals surface area contributed by atoms with E-state index in [9.17, 15) is 8.78 Å². The van der Waals surface area contributed by atoms with E-state index in [4.69, 9.17) is 9.97 Å². The zero-order valence-corrected chi connectivity index (χ0v) is 20.3. The topological polar surface area (TPSA) is 58.9 Å². The molecule has 1 aliphatic rings. The number of nitrogens with one attached hydrogen (secondary N) is 1. The molecule has 3 heterocycles. The molecule has 0 saturated heterocycles. The van der Waals surface area contributed by atoms with E-state index < -0.39 is 0 Å². The van der Waals surface area contributed by atoms with Crippen LogP contribution in [-0.2, 0) is 11.8 Å². The average molecular weight is 475 g/mol. The number of hydrogen-bond donors (Lipinski definition) is 1. The molecule has 0 spiro atoms. The van der Waals surface area contributed by atoms with Crippen LogP contribution in [0.15, 0.2) is 55.0 Å². The van der Waals surface area contributed by atoms with Gasteiger partial charge < -0.3 is 14.8 Å². The van der Waals surface area contributed by atoms with Crippen molar-refractivity contribution >= 4 is 17.3 Å². The first-order valence-electron chi connectivity index (χ1n) is 11.7. The first-order valence-corrected chi connectivity index (χ1v) is 11.7. The van der Waals surface area contributed by atoms with Gasteiger partial charge in [0.15, 0.2) is 0 Å². The van der Waals surface area contributed by atoms with Crippen molar-refractivity contribution in [2.75, 3.05) is 23.8 Å². The minimum Gasteiger partial charge on any atom is -0.373 e. The van der Waals surface area contributed by atoms with Crippen LogP contribution in [0.2, 0.25) is 0 Å². The third kappa shape index (κ3) is 4.36. The maximum absolute atomic E-state index is 14.9. The Morgan fingerprint density at radius 3 is 2.49 bits per heavy atom. The van der Waals surface area contributed by atoms with Gasteiger partial charge in [0.1, 0.15) is 29.1 Å². The smallest absolute Gasteiger partial charge is 0.147 e. The van der Waals surface area contributed by atoms with Gasteiger partial charge >= 0.3 is 0 Å². The fraction of sp³-hybridized carbons (Fsp3) is 0.296. The molecule has 1 aliphatic heterocycles. The Morgan fingerprint density at radius 1 is 1.06 bits per heavy atom. The van der Waals surface area contributed by atoms with Gasteiger partial charge in [0.05, 0.1) is 17.7 Å². The van der Waals surface area contributed by atoms with E-state index in [1.165, 1.54) is 18.2 Å². The third-order valence-electron chi connectivity index (χ3n) is 6.57. The summed E-state index contributed by atoms with van der Waals surface area (Å²) >= 11 is 0. The fourth-order valence-corrected chi connectivity index (χ4v) is 4.67. The number of benzene rings is 2. The van der Waals surface area contributed by atoms with Crippen LogP contribution in [0.4, 0.5) is 26.1 Å². The fourth-order valence-electron chi connectivity index (χ4n) is 4.67. The Kier molecular flexibility index (Phi) is 5.75. The van der Waals surface area contributed by atoms with Crippen molar-refractivity contribution < 1.29 is 8.78 Å². The van der Waals surface area contributed by atoms with Gasteiger partial charge in [-0.25, -0.2) is 23.7 Å². The monoisotopic (exact) mass is 474 g/mol. The summed E-state index contributed by atoms with van der Waals surface area (Å²) in [6.07, 6.45) is 4.66. The van der Waals surface area contributed by atoms with Gasteiger partial charge in [-0.2, -0.15) is 0 Å². The number of hydrogen-bond acceptors (Lipinski definition) is 5. The molecule has 1 N–H and O–H groups in total. The van der Waals surface area contributed by atoms with Crippen LogP contribution >= 0.6 is 0 Å². The Hall–Kier alpha value is -3.81. The predicted molar refractivity (Wildman–Crippen MR) is 134 cm³/mol. The molecule has 35 heavy (non-hydrogen) atoms. The molecular formula is C27H28F2N6. The number of halogens is 2. The van der Waals surface area contributed by atoms with Crippen LogP contribution in [0.5, 0.6) is 0 Å². The Bertz CT molecular complexity index is 1380. The highest BCUT2D eigenvalue weighted by atomic mass is 19.1. The van der Waals surface area contributed by atoms with Crippen molar-refractivity contribution in [3.05, 3.63) is 89.3 Å². The van der Waals surface area contributed by atoms with Crippen molar-refractivity contribution in [1.29, 1.82) is 0 Å². The summed E-state index contributed by atoms with van der Waals surface area (Å²) in [7, 11) is 1.85. The highest BCUT2D eigenvalue weighted by Gasteiger charge is 2.36. The van der Waals surface area contributed by atoms with Crippen molar-refractivity contribution in [3.8, 4) is 5.69 Å². The van der Waals surface area contributed by atoms with E-state index in [0.29, 0.717) is 17.9 Å². The molecule has 5 rings (SSSR count). The van der Waals surface area contributed by atoms with Gasteiger partial charge in [-0.3, -0.25) is 0 Å². The minimum absolute atomic E-state index is 0.139. The maximum Gasteiger partial charge on any atom is 0.147 e. The van der Waals surface area contributed by atoms with Crippen LogP contribution in [0.25, 0.3) is 5.69 Å². The molecule has 0 unspecified atom stereocenters. The molecule has 0 amide bonds. The van der Waals surface area contributed by atoms with Crippen molar-refractivity contribution in [2.45, 2.75) is 39.0 Å². The second-order valence-corrected chi connectivity index (χ2v) is 9.58. The van der Waals surface area contributed by atoms with Crippen LogP contribution in [-0.4, -0.2) is 33.1 Å². The molecule has 8 heteroatoms. The molecule has 0 saturated carbocycles. The first kappa shape index (κ1) is 23.0. The van der Waals surface area contributed by atoms with E-state index in [0.717, 1.165) is 47.1 Å². The van der Waals surface area contributed by atoms with Gasteiger partial charge in [0.25, 0.3) is 0 Å². The number of nitrogens with zero attached hydrogens (tertiary/aromatic N) is 5. The molecule has 0 atom stereocenters. The zero-order valence-electron chi connectivity index (χ0n) is 20.3. The van der Waals surface area contributed by atoms with Crippen molar-refractivity contribution in [3.63, 3.8) is 0 Å². The van der Waals surface area contributed by atoms with E-state index in [1.54, 1.807) is 35.3 Å². The lowest BCUT2D eigenvalue weighted by molar-refractivity contribution is 0.462. The normalized spacial score (nSPS) is 14.6. The maximum atomic E-state index is 14.9. The number of rotatable bonds is 5. The molecule has 2 aromatic heterocycles. The van der Waals surface area contributed by atoms with Crippen LogP contribution < -0.4 is 10.2 Å².